The van der Waals surface area contributed by atoms with E-state index in [4.69, 9.17) is 27.6 Å². The van der Waals surface area contributed by atoms with Gasteiger partial charge in [0, 0.05) is 10.6 Å². The van der Waals surface area contributed by atoms with Gasteiger partial charge >= 0.3 is 0 Å². The number of hydrogen-bond donors (Lipinski definition) is 0. The summed E-state index contributed by atoms with van der Waals surface area (Å²) in [4.78, 5) is 4.69. The van der Waals surface area contributed by atoms with Crippen molar-refractivity contribution in [1.82, 2.24) is 0 Å². The number of nitrogens with zero attached hydrogens (tertiary/aromatic N) is 1. The van der Waals surface area contributed by atoms with Crippen LogP contribution in [0.2, 0.25) is 5.02 Å². The molecule has 0 aromatic heterocycles. The van der Waals surface area contributed by atoms with Gasteiger partial charge in [0.1, 0.15) is 7.11 Å². The largest absolute Gasteiger partial charge is 0.449 e. The smallest absolute Gasteiger partial charge is 0.259 e. The highest BCUT2D eigenvalue weighted by atomic mass is 127. The maximum absolute atomic E-state index is 5.78. The van der Waals surface area contributed by atoms with Gasteiger partial charge in [-0.25, -0.2) is 0 Å². The van der Waals surface area contributed by atoms with Crippen molar-refractivity contribution in [3.8, 4) is 12.3 Å². The molecule has 0 saturated carbocycles. The number of rotatable bonds is 3. The number of hydrogen-bond acceptors (Lipinski definition) is 3. The minimum absolute atomic E-state index is 0.330. The van der Waals surface area contributed by atoms with Gasteiger partial charge in [-0.3, -0.25) is 0 Å². The molecule has 0 heterocycles. The van der Waals surface area contributed by atoms with Crippen LogP contribution >= 0.6 is 34.2 Å². The third-order valence-corrected chi connectivity index (χ3v) is 2.48. The Bertz CT molecular complexity index is 411. The Morgan fingerprint density at radius 3 is 2.62 bits per heavy atom. The Balaban J connectivity index is 2.91. The van der Waals surface area contributed by atoms with Gasteiger partial charge in [-0.15, -0.1) is 6.42 Å². The Morgan fingerprint density at radius 1 is 1.50 bits per heavy atom. The van der Waals surface area contributed by atoms with Crippen LogP contribution in [-0.2, 0) is 9.57 Å². The molecular weight excluding hydrogens is 340 g/mol. The molecule has 0 radical (unpaired) electrons. The van der Waals surface area contributed by atoms with Gasteiger partial charge in [0.25, 0.3) is 5.90 Å². The van der Waals surface area contributed by atoms with Crippen molar-refractivity contribution in [3.05, 3.63) is 34.9 Å². The normalized spacial score (nSPS) is 12.8. The van der Waals surface area contributed by atoms with E-state index in [0.29, 0.717) is 10.9 Å². The summed E-state index contributed by atoms with van der Waals surface area (Å²) in [6.45, 7) is 0. The zero-order valence-electron chi connectivity index (χ0n) is 8.48. The van der Waals surface area contributed by atoms with Gasteiger partial charge in [0.15, 0.2) is 0 Å². The lowest BCUT2D eigenvalue weighted by molar-refractivity contribution is 0.195. The zero-order valence-corrected chi connectivity index (χ0v) is 11.4. The first kappa shape index (κ1) is 13.1. The fourth-order valence-corrected chi connectivity index (χ4v) is 1.32. The molecule has 1 atom stereocenters. The van der Waals surface area contributed by atoms with E-state index in [0.717, 1.165) is 5.56 Å². The van der Waals surface area contributed by atoms with Crippen LogP contribution in [0.25, 0.3) is 0 Å². The molecule has 1 aromatic carbocycles. The highest BCUT2D eigenvalue weighted by Gasteiger charge is 2.10. The molecule has 1 unspecified atom stereocenters. The average molecular weight is 350 g/mol. The predicted octanol–water partition coefficient (Wildman–Crippen LogP) is 3.06. The maximum Gasteiger partial charge on any atom is 0.259 e. The Labute approximate surface area is 113 Å². The molecule has 5 heteroatoms. The molecule has 0 saturated heterocycles. The van der Waals surface area contributed by atoms with Gasteiger partial charge in [-0.1, -0.05) is 17.5 Å². The second-order valence-electron chi connectivity index (χ2n) is 2.69. The van der Waals surface area contributed by atoms with E-state index >= 15 is 0 Å². The van der Waals surface area contributed by atoms with Crippen LogP contribution in [0, 0.1) is 12.3 Å². The van der Waals surface area contributed by atoms with E-state index < -0.39 is 4.11 Å². The highest BCUT2D eigenvalue weighted by Crippen LogP contribution is 2.13. The Hall–Kier alpha value is -0.930. The number of oxime groups is 1. The molecule has 3 nitrogen and oxygen atoms in total. The molecule has 1 rings (SSSR count). The van der Waals surface area contributed by atoms with Gasteiger partial charge < -0.3 is 9.57 Å². The minimum atomic E-state index is -0.401. The first-order valence-electron chi connectivity index (χ1n) is 4.31. The number of terminal acetylenes is 1. The van der Waals surface area contributed by atoms with E-state index in [1.54, 1.807) is 24.3 Å². The van der Waals surface area contributed by atoms with Crippen molar-refractivity contribution in [2.75, 3.05) is 7.11 Å². The standard InChI is InChI=1S/C11H9ClINO2/c1-3-10(13)16-11(14-15-2)8-4-6-9(12)7-5-8/h1,4-7,10H,2H3. The highest BCUT2D eigenvalue weighted by molar-refractivity contribution is 14.1. The second-order valence-corrected chi connectivity index (χ2v) is 4.25. The SMILES string of the molecule is C#CC(I)OC(=NOC)c1ccc(Cl)cc1. The summed E-state index contributed by atoms with van der Waals surface area (Å²) in [6, 6.07) is 7.03. The summed E-state index contributed by atoms with van der Waals surface area (Å²) in [6.07, 6.45) is 5.22. The van der Waals surface area contributed by atoms with E-state index in [1.165, 1.54) is 7.11 Å². The van der Waals surface area contributed by atoms with Crippen LogP contribution in [0.3, 0.4) is 0 Å². The van der Waals surface area contributed by atoms with Crippen molar-refractivity contribution in [2.45, 2.75) is 4.11 Å². The van der Waals surface area contributed by atoms with Gasteiger partial charge in [-0.05, 0) is 52.0 Å². The lowest BCUT2D eigenvalue weighted by Crippen LogP contribution is -2.12. The van der Waals surface area contributed by atoms with Crippen LogP contribution in [-0.4, -0.2) is 17.1 Å². The summed E-state index contributed by atoms with van der Waals surface area (Å²) in [5.41, 5.74) is 0.753. The Morgan fingerprint density at radius 2 is 2.12 bits per heavy atom. The lowest BCUT2D eigenvalue weighted by atomic mass is 10.2. The molecule has 16 heavy (non-hydrogen) atoms. The maximum atomic E-state index is 5.78. The van der Waals surface area contributed by atoms with E-state index in [2.05, 4.69) is 11.1 Å². The van der Waals surface area contributed by atoms with Gasteiger partial charge in [-0.2, -0.15) is 0 Å². The number of halogens is 2. The van der Waals surface area contributed by atoms with E-state index in [1.807, 2.05) is 22.6 Å². The zero-order chi connectivity index (χ0) is 12.0. The average Bonchev–Trinajstić information content (AvgIpc) is 2.29. The van der Waals surface area contributed by atoms with Crippen LogP contribution in [0.15, 0.2) is 29.4 Å². The molecular formula is C11H9ClINO2. The molecule has 0 amide bonds. The van der Waals surface area contributed by atoms with Crippen molar-refractivity contribution >= 4 is 40.1 Å². The second kappa shape index (κ2) is 6.61. The minimum Gasteiger partial charge on any atom is -0.449 e. The molecule has 0 fully saturated rings. The monoisotopic (exact) mass is 349 g/mol. The Kier molecular flexibility index (Phi) is 5.43. The van der Waals surface area contributed by atoms with Crippen LogP contribution < -0.4 is 0 Å². The third-order valence-electron chi connectivity index (χ3n) is 1.61. The van der Waals surface area contributed by atoms with Crippen LogP contribution in [0.4, 0.5) is 0 Å². The predicted molar refractivity (Wildman–Crippen MR) is 72.7 cm³/mol. The van der Waals surface area contributed by atoms with Crippen molar-refractivity contribution in [3.63, 3.8) is 0 Å². The number of ether oxygens (including phenoxy) is 1. The third kappa shape index (κ3) is 3.91. The summed E-state index contributed by atoms with van der Waals surface area (Å²) >= 11 is 7.75. The molecule has 0 spiro atoms. The quantitative estimate of drug-likeness (QED) is 0.210. The molecule has 0 aliphatic rings. The fourth-order valence-electron chi connectivity index (χ4n) is 0.950. The molecule has 1 aromatic rings. The first-order chi connectivity index (χ1) is 7.67. The van der Waals surface area contributed by atoms with E-state index in [9.17, 15) is 0 Å². The number of benzene rings is 1. The van der Waals surface area contributed by atoms with Gasteiger partial charge in [0.05, 0.1) is 0 Å². The summed E-state index contributed by atoms with van der Waals surface area (Å²) in [5.74, 6) is 2.77. The van der Waals surface area contributed by atoms with Crippen LogP contribution in [0.5, 0.6) is 0 Å². The lowest BCUT2D eigenvalue weighted by Gasteiger charge is -2.09. The fraction of sp³-hybridized carbons (Fsp3) is 0.182. The van der Waals surface area contributed by atoms with Gasteiger partial charge in [0.2, 0.25) is 4.11 Å². The molecule has 84 valence electrons. The summed E-state index contributed by atoms with van der Waals surface area (Å²) in [7, 11) is 1.44. The summed E-state index contributed by atoms with van der Waals surface area (Å²) in [5, 5.41) is 4.41. The first-order valence-corrected chi connectivity index (χ1v) is 5.93. The van der Waals surface area contributed by atoms with Crippen molar-refractivity contribution in [1.29, 1.82) is 0 Å². The van der Waals surface area contributed by atoms with E-state index in [-0.39, 0.29) is 0 Å². The van der Waals surface area contributed by atoms with Crippen molar-refractivity contribution < 1.29 is 9.57 Å². The van der Waals surface area contributed by atoms with Crippen molar-refractivity contribution in [2.24, 2.45) is 5.16 Å². The topological polar surface area (TPSA) is 30.8 Å². The molecule has 0 aliphatic carbocycles. The van der Waals surface area contributed by atoms with Crippen LogP contribution in [0.1, 0.15) is 5.56 Å². The number of alkyl halides is 1. The summed E-state index contributed by atoms with van der Waals surface area (Å²) < 4.78 is 5.00. The molecule has 0 aliphatic heterocycles. The molecule has 0 N–H and O–H groups in total. The molecule has 0 bridgehead atoms.